The van der Waals surface area contributed by atoms with Crippen LogP contribution in [0.5, 0.6) is 5.75 Å². The number of ether oxygens (including phenoxy) is 1. The molecular formula is C15H16N2O3S. The van der Waals surface area contributed by atoms with Gasteiger partial charge in [0.15, 0.2) is 17.0 Å². The van der Waals surface area contributed by atoms with E-state index >= 15 is 0 Å². The van der Waals surface area contributed by atoms with Crippen molar-refractivity contribution in [1.29, 1.82) is 0 Å². The number of rotatable bonds is 5. The largest absolute Gasteiger partial charge is 0.481 e. The second kappa shape index (κ2) is 6.49. The number of hydrogen-bond acceptors (Lipinski definition) is 5. The van der Waals surface area contributed by atoms with Crippen LogP contribution in [0.1, 0.15) is 29.1 Å². The Kier molecular flexibility index (Phi) is 4.70. The first-order valence-electron chi connectivity index (χ1n) is 6.46. The van der Waals surface area contributed by atoms with Crippen molar-refractivity contribution >= 4 is 28.2 Å². The van der Waals surface area contributed by atoms with Crippen molar-refractivity contribution in [2.75, 3.05) is 5.32 Å². The fraction of sp³-hybridized carbons (Fsp3) is 0.267. The number of Topliss-reactive ketones (excluding diaryl/α,β-unsaturated/α-hetero) is 1. The third-order valence-corrected chi connectivity index (χ3v) is 3.80. The van der Waals surface area contributed by atoms with E-state index in [1.165, 1.54) is 13.1 Å². The topological polar surface area (TPSA) is 68.3 Å². The van der Waals surface area contributed by atoms with Crippen molar-refractivity contribution in [3.63, 3.8) is 0 Å². The summed E-state index contributed by atoms with van der Waals surface area (Å²) in [7, 11) is 0. The SMILES string of the molecule is CC(=O)c1cnc(NC(=O)[C@H](C)Oc2ccc(C)cc2)s1. The highest BCUT2D eigenvalue weighted by Crippen LogP contribution is 2.19. The quantitative estimate of drug-likeness (QED) is 0.862. The maximum atomic E-state index is 12.0. The maximum Gasteiger partial charge on any atom is 0.266 e. The number of nitrogens with zero attached hydrogens (tertiary/aromatic N) is 1. The summed E-state index contributed by atoms with van der Waals surface area (Å²) in [6, 6.07) is 7.46. The van der Waals surface area contributed by atoms with Crippen molar-refractivity contribution in [3.05, 3.63) is 40.9 Å². The van der Waals surface area contributed by atoms with E-state index in [1.54, 1.807) is 6.92 Å². The molecule has 0 radical (unpaired) electrons. The number of carbonyl (C=O) groups is 2. The molecule has 2 aromatic rings. The smallest absolute Gasteiger partial charge is 0.266 e. The highest BCUT2D eigenvalue weighted by Gasteiger charge is 2.17. The molecule has 0 fully saturated rings. The molecule has 1 atom stereocenters. The summed E-state index contributed by atoms with van der Waals surface area (Å²) >= 11 is 1.15. The van der Waals surface area contributed by atoms with Gasteiger partial charge < -0.3 is 4.74 Å². The van der Waals surface area contributed by atoms with E-state index in [0.717, 1.165) is 16.9 Å². The average molecular weight is 304 g/mol. The molecule has 110 valence electrons. The first-order valence-corrected chi connectivity index (χ1v) is 7.28. The lowest BCUT2D eigenvalue weighted by molar-refractivity contribution is -0.122. The standard InChI is InChI=1S/C15H16N2O3S/c1-9-4-6-12(7-5-9)20-11(3)14(19)17-15-16-8-13(21-15)10(2)18/h4-8,11H,1-3H3,(H,16,17,19)/t11-/m0/s1. The van der Waals surface area contributed by atoms with Crippen molar-refractivity contribution in [3.8, 4) is 5.75 Å². The number of amides is 1. The first kappa shape index (κ1) is 15.2. The summed E-state index contributed by atoms with van der Waals surface area (Å²) in [5.41, 5.74) is 1.12. The van der Waals surface area contributed by atoms with Gasteiger partial charge in [0.25, 0.3) is 5.91 Å². The molecule has 0 aliphatic heterocycles. The van der Waals surface area contributed by atoms with E-state index in [-0.39, 0.29) is 11.7 Å². The summed E-state index contributed by atoms with van der Waals surface area (Å²) in [5.74, 6) is 0.254. The van der Waals surface area contributed by atoms with Gasteiger partial charge in [0.1, 0.15) is 5.75 Å². The number of benzene rings is 1. The highest BCUT2D eigenvalue weighted by molar-refractivity contribution is 7.17. The number of ketones is 1. The van der Waals surface area contributed by atoms with Crippen LogP contribution in [0.4, 0.5) is 5.13 Å². The molecule has 0 aliphatic rings. The Bertz CT molecular complexity index is 649. The summed E-state index contributed by atoms with van der Waals surface area (Å²) in [5, 5.41) is 3.03. The molecule has 2 rings (SSSR count). The number of thiazole rings is 1. The van der Waals surface area contributed by atoms with Gasteiger partial charge in [-0.2, -0.15) is 0 Å². The van der Waals surface area contributed by atoms with Crippen LogP contribution in [0.15, 0.2) is 30.5 Å². The molecule has 0 bridgehead atoms. The van der Waals surface area contributed by atoms with Crippen LogP contribution >= 0.6 is 11.3 Å². The number of nitrogens with one attached hydrogen (secondary N) is 1. The highest BCUT2D eigenvalue weighted by atomic mass is 32.1. The van der Waals surface area contributed by atoms with E-state index in [2.05, 4.69) is 10.3 Å². The summed E-state index contributed by atoms with van der Waals surface area (Å²) in [6.45, 7) is 5.10. The normalized spacial score (nSPS) is 11.8. The zero-order valence-electron chi connectivity index (χ0n) is 12.0. The summed E-state index contributed by atoms with van der Waals surface area (Å²) < 4.78 is 5.56. The molecule has 0 aliphatic carbocycles. The van der Waals surface area contributed by atoms with Crippen molar-refractivity contribution in [2.45, 2.75) is 26.9 Å². The Hall–Kier alpha value is -2.21. The maximum absolute atomic E-state index is 12.0. The van der Waals surface area contributed by atoms with E-state index < -0.39 is 6.10 Å². The zero-order valence-corrected chi connectivity index (χ0v) is 12.9. The molecule has 0 saturated heterocycles. The van der Waals surface area contributed by atoms with Crippen LogP contribution in [-0.2, 0) is 4.79 Å². The molecule has 1 amide bonds. The molecule has 0 spiro atoms. The minimum Gasteiger partial charge on any atom is -0.481 e. The van der Waals surface area contributed by atoms with E-state index in [9.17, 15) is 9.59 Å². The third kappa shape index (κ3) is 4.13. The zero-order chi connectivity index (χ0) is 15.4. The van der Waals surface area contributed by atoms with Crippen LogP contribution in [-0.4, -0.2) is 22.8 Å². The fourth-order valence-electron chi connectivity index (χ4n) is 1.58. The predicted molar refractivity (Wildman–Crippen MR) is 82.0 cm³/mol. The molecule has 1 aromatic heterocycles. The van der Waals surface area contributed by atoms with E-state index in [4.69, 9.17) is 4.74 Å². The second-order valence-electron chi connectivity index (χ2n) is 4.65. The summed E-state index contributed by atoms with van der Waals surface area (Å²) in [4.78, 5) is 27.7. The van der Waals surface area contributed by atoms with Gasteiger partial charge in [-0.25, -0.2) is 4.98 Å². The van der Waals surface area contributed by atoms with Gasteiger partial charge in [0.05, 0.1) is 11.1 Å². The Morgan fingerprint density at radius 3 is 2.52 bits per heavy atom. The number of hydrogen-bond donors (Lipinski definition) is 1. The van der Waals surface area contributed by atoms with Crippen LogP contribution in [0.3, 0.4) is 0 Å². The minimum atomic E-state index is -0.655. The van der Waals surface area contributed by atoms with Crippen molar-refractivity contribution in [1.82, 2.24) is 4.98 Å². The van der Waals surface area contributed by atoms with Crippen LogP contribution in [0, 0.1) is 6.92 Å². The van der Waals surface area contributed by atoms with Gasteiger partial charge in [0, 0.05) is 6.92 Å². The molecule has 0 unspecified atom stereocenters. The fourth-order valence-corrected chi connectivity index (χ4v) is 2.29. The van der Waals surface area contributed by atoms with E-state index in [1.807, 2.05) is 31.2 Å². The molecule has 1 aromatic carbocycles. The Morgan fingerprint density at radius 1 is 1.29 bits per heavy atom. The third-order valence-electron chi connectivity index (χ3n) is 2.79. The van der Waals surface area contributed by atoms with Crippen LogP contribution in [0.2, 0.25) is 0 Å². The lowest BCUT2D eigenvalue weighted by atomic mass is 10.2. The molecule has 1 heterocycles. The minimum absolute atomic E-state index is 0.0723. The van der Waals surface area contributed by atoms with Gasteiger partial charge >= 0.3 is 0 Å². The number of aromatic nitrogens is 1. The van der Waals surface area contributed by atoms with Gasteiger partial charge in [-0.15, -0.1) is 0 Å². The lowest BCUT2D eigenvalue weighted by Gasteiger charge is -2.13. The van der Waals surface area contributed by atoms with Gasteiger partial charge in [-0.1, -0.05) is 29.0 Å². The first-order chi connectivity index (χ1) is 9.95. The lowest BCUT2D eigenvalue weighted by Crippen LogP contribution is -2.30. The number of aryl methyl sites for hydroxylation is 1. The Labute approximate surface area is 127 Å². The Balaban J connectivity index is 1.95. The van der Waals surface area contributed by atoms with Gasteiger partial charge in [-0.3, -0.25) is 14.9 Å². The molecule has 21 heavy (non-hydrogen) atoms. The van der Waals surface area contributed by atoms with Crippen molar-refractivity contribution in [2.24, 2.45) is 0 Å². The summed E-state index contributed by atoms with van der Waals surface area (Å²) in [6.07, 6.45) is 0.797. The van der Waals surface area contributed by atoms with Gasteiger partial charge in [-0.05, 0) is 26.0 Å². The molecule has 0 saturated carbocycles. The number of carbonyl (C=O) groups excluding carboxylic acids is 2. The predicted octanol–water partition coefficient (Wildman–Crippen LogP) is 3.06. The monoisotopic (exact) mass is 304 g/mol. The second-order valence-corrected chi connectivity index (χ2v) is 5.68. The Morgan fingerprint density at radius 2 is 1.95 bits per heavy atom. The van der Waals surface area contributed by atoms with Crippen molar-refractivity contribution < 1.29 is 14.3 Å². The molecule has 5 nitrogen and oxygen atoms in total. The number of anilines is 1. The molecular weight excluding hydrogens is 288 g/mol. The van der Waals surface area contributed by atoms with E-state index in [0.29, 0.717) is 15.8 Å². The molecule has 6 heteroatoms. The average Bonchev–Trinajstić information content (AvgIpc) is 2.90. The van der Waals surface area contributed by atoms with Gasteiger partial charge in [0.2, 0.25) is 0 Å². The molecule has 1 N–H and O–H groups in total. The van der Waals surface area contributed by atoms with Crippen LogP contribution in [0.25, 0.3) is 0 Å². The van der Waals surface area contributed by atoms with Crippen LogP contribution < -0.4 is 10.1 Å².